The summed E-state index contributed by atoms with van der Waals surface area (Å²) in [7, 11) is 0. The van der Waals surface area contributed by atoms with Gasteiger partial charge in [-0.15, -0.1) is 0 Å². The largest absolute Gasteiger partial charge is 0.352 e. The molecule has 2 amide bonds. The third-order valence-electron chi connectivity index (χ3n) is 6.54. The van der Waals surface area contributed by atoms with Crippen molar-refractivity contribution in [1.82, 2.24) is 19.8 Å². The molecule has 0 unspecified atom stereocenters. The number of fused-ring (bicyclic) bond motifs is 1. The molecule has 162 valence electrons. The Kier molecular flexibility index (Phi) is 5.34. The number of rotatable bonds is 7. The molecule has 0 bridgehead atoms. The fourth-order valence-corrected chi connectivity index (χ4v) is 4.35. The van der Waals surface area contributed by atoms with Crippen LogP contribution in [0, 0.1) is 5.92 Å². The van der Waals surface area contributed by atoms with Gasteiger partial charge in [0.15, 0.2) is 0 Å². The molecule has 0 spiro atoms. The zero-order chi connectivity index (χ0) is 21.4. The third kappa shape index (κ3) is 4.40. The van der Waals surface area contributed by atoms with Crippen LogP contribution in [0.4, 0.5) is 0 Å². The van der Waals surface area contributed by atoms with E-state index in [1.807, 2.05) is 23.2 Å². The summed E-state index contributed by atoms with van der Waals surface area (Å²) in [6, 6.07) is 4.04. The molecule has 2 saturated carbocycles. The van der Waals surface area contributed by atoms with Gasteiger partial charge in [-0.1, -0.05) is 6.07 Å². The smallest absolute Gasteiger partial charge is 0.263 e. The number of nitrogens with one attached hydrogen (secondary N) is 1. The van der Waals surface area contributed by atoms with Crippen LogP contribution in [0.2, 0.25) is 0 Å². The minimum atomic E-state index is -0.250. The van der Waals surface area contributed by atoms with E-state index in [0.717, 1.165) is 42.4 Å². The molecule has 0 aromatic carbocycles. The molecule has 1 aliphatic heterocycles. The number of carbonyl (C=O) groups excluding carboxylic acids is 2. The second-order valence-electron chi connectivity index (χ2n) is 9.03. The molecule has 5 rings (SSSR count). The summed E-state index contributed by atoms with van der Waals surface area (Å²) in [6.45, 7) is 1.64. The molecule has 2 aromatic rings. The monoisotopic (exact) mass is 420 g/mol. The maximum atomic E-state index is 13.1. The zero-order valence-corrected chi connectivity index (χ0v) is 17.7. The van der Waals surface area contributed by atoms with Gasteiger partial charge in [-0.05, 0) is 67.2 Å². The van der Waals surface area contributed by atoms with Gasteiger partial charge in [0.25, 0.3) is 11.5 Å². The summed E-state index contributed by atoms with van der Waals surface area (Å²) in [5.74, 6) is 0.403. The van der Waals surface area contributed by atoms with E-state index in [0.29, 0.717) is 50.4 Å². The highest BCUT2D eigenvalue weighted by molar-refractivity contribution is 5.95. The predicted molar refractivity (Wildman–Crippen MR) is 116 cm³/mol. The average molecular weight is 421 g/mol. The van der Waals surface area contributed by atoms with Crippen molar-refractivity contribution in [2.75, 3.05) is 13.1 Å². The maximum absolute atomic E-state index is 13.1. The number of pyridine rings is 2. The Hall–Kier alpha value is -2.96. The Bertz CT molecular complexity index is 1050. The summed E-state index contributed by atoms with van der Waals surface area (Å²) >= 11 is 0. The van der Waals surface area contributed by atoms with Crippen LogP contribution < -0.4 is 10.9 Å². The first-order valence-corrected chi connectivity index (χ1v) is 11.3. The van der Waals surface area contributed by atoms with Gasteiger partial charge in [-0.3, -0.25) is 19.4 Å². The minimum absolute atomic E-state index is 0.0957. The first kappa shape index (κ1) is 20.0. The highest BCUT2D eigenvalue weighted by Gasteiger charge is 2.32. The van der Waals surface area contributed by atoms with E-state index in [9.17, 15) is 14.4 Å². The molecule has 2 aromatic heterocycles. The van der Waals surface area contributed by atoms with Crippen molar-refractivity contribution >= 4 is 11.8 Å². The van der Waals surface area contributed by atoms with Gasteiger partial charge >= 0.3 is 0 Å². The Morgan fingerprint density at radius 2 is 2.03 bits per heavy atom. The maximum Gasteiger partial charge on any atom is 0.263 e. The molecule has 2 aliphatic carbocycles. The van der Waals surface area contributed by atoms with Crippen LogP contribution >= 0.6 is 0 Å². The Morgan fingerprint density at radius 3 is 2.74 bits per heavy atom. The summed E-state index contributed by atoms with van der Waals surface area (Å²) in [5.41, 5.74) is 2.93. The van der Waals surface area contributed by atoms with E-state index in [-0.39, 0.29) is 23.4 Å². The van der Waals surface area contributed by atoms with Gasteiger partial charge in [-0.2, -0.15) is 0 Å². The molecule has 7 heteroatoms. The Morgan fingerprint density at radius 1 is 1.19 bits per heavy atom. The summed E-state index contributed by atoms with van der Waals surface area (Å²) in [6.07, 6.45) is 11.3. The van der Waals surface area contributed by atoms with Crippen molar-refractivity contribution in [2.45, 2.75) is 57.5 Å². The summed E-state index contributed by atoms with van der Waals surface area (Å²) in [4.78, 5) is 44.8. The van der Waals surface area contributed by atoms with Crippen LogP contribution in [0.25, 0.3) is 0 Å². The lowest BCUT2D eigenvalue weighted by Gasteiger charge is -2.30. The molecule has 0 atom stereocenters. The molecule has 3 heterocycles. The Balaban J connectivity index is 1.35. The minimum Gasteiger partial charge on any atom is -0.352 e. The topological polar surface area (TPSA) is 84.3 Å². The standard InChI is InChI=1S/C24H28N4O3/c29-21(8-5-16-2-1-10-25-12-16)27-11-9-20-18(14-27)15-28(19-6-7-19)24(31)22(20)23(30)26-13-17-3-4-17/h1-2,10,12,15,17,19H,3-9,11,13-14H2,(H,26,30). The molecule has 31 heavy (non-hydrogen) atoms. The van der Waals surface area contributed by atoms with E-state index >= 15 is 0 Å². The van der Waals surface area contributed by atoms with Crippen molar-refractivity contribution in [3.8, 4) is 0 Å². The SMILES string of the molecule is O=C(NCC1CC1)c1c2c(cn(C3CC3)c1=O)CN(C(=O)CCc1cccnc1)CC2. The lowest BCUT2D eigenvalue weighted by molar-refractivity contribution is -0.132. The van der Waals surface area contributed by atoms with Gasteiger partial charge in [0, 0.05) is 50.7 Å². The van der Waals surface area contributed by atoms with Gasteiger partial charge in [0.2, 0.25) is 5.91 Å². The molecule has 7 nitrogen and oxygen atoms in total. The van der Waals surface area contributed by atoms with Crippen molar-refractivity contribution in [2.24, 2.45) is 5.92 Å². The highest BCUT2D eigenvalue weighted by atomic mass is 16.2. The number of hydrogen-bond acceptors (Lipinski definition) is 4. The fraction of sp³-hybridized carbons (Fsp3) is 0.500. The molecular formula is C24H28N4O3. The number of nitrogens with zero attached hydrogens (tertiary/aromatic N) is 3. The van der Waals surface area contributed by atoms with Gasteiger partial charge in [0.05, 0.1) is 0 Å². The fourth-order valence-electron chi connectivity index (χ4n) is 4.35. The molecule has 1 N–H and O–H groups in total. The van der Waals surface area contributed by atoms with E-state index < -0.39 is 0 Å². The first-order chi connectivity index (χ1) is 15.1. The van der Waals surface area contributed by atoms with Gasteiger partial charge < -0.3 is 14.8 Å². The first-order valence-electron chi connectivity index (χ1n) is 11.3. The van der Waals surface area contributed by atoms with Crippen LogP contribution in [-0.2, 0) is 24.2 Å². The molecule has 0 radical (unpaired) electrons. The van der Waals surface area contributed by atoms with E-state index in [1.54, 1.807) is 17.0 Å². The van der Waals surface area contributed by atoms with Crippen LogP contribution in [-0.4, -0.2) is 39.4 Å². The number of carbonyl (C=O) groups is 2. The van der Waals surface area contributed by atoms with E-state index in [4.69, 9.17) is 0 Å². The summed E-state index contributed by atoms with van der Waals surface area (Å²) in [5, 5.41) is 2.97. The predicted octanol–water partition coefficient (Wildman–Crippen LogP) is 2.24. The second-order valence-corrected chi connectivity index (χ2v) is 9.03. The number of hydrogen-bond donors (Lipinski definition) is 1. The second kappa shape index (κ2) is 8.29. The zero-order valence-electron chi connectivity index (χ0n) is 17.7. The lowest BCUT2D eigenvalue weighted by atomic mass is 9.95. The number of amides is 2. The van der Waals surface area contributed by atoms with Gasteiger partial charge in [0.1, 0.15) is 5.56 Å². The van der Waals surface area contributed by atoms with E-state index in [2.05, 4.69) is 10.3 Å². The lowest BCUT2D eigenvalue weighted by Crippen LogP contribution is -2.41. The van der Waals surface area contributed by atoms with Crippen molar-refractivity contribution in [3.05, 3.63) is 63.3 Å². The average Bonchev–Trinajstić information content (AvgIpc) is 3.70. The summed E-state index contributed by atoms with van der Waals surface area (Å²) < 4.78 is 1.73. The molecular weight excluding hydrogens is 392 g/mol. The Labute approximate surface area is 181 Å². The van der Waals surface area contributed by atoms with E-state index in [1.165, 1.54) is 0 Å². The number of aryl methyl sites for hydroxylation is 1. The highest BCUT2D eigenvalue weighted by Crippen LogP contribution is 2.35. The van der Waals surface area contributed by atoms with Crippen LogP contribution in [0.5, 0.6) is 0 Å². The van der Waals surface area contributed by atoms with Crippen LogP contribution in [0.3, 0.4) is 0 Å². The molecule has 2 fully saturated rings. The molecule has 3 aliphatic rings. The normalized spacial score (nSPS) is 17.9. The van der Waals surface area contributed by atoms with Gasteiger partial charge in [-0.25, -0.2) is 0 Å². The number of aromatic nitrogens is 2. The van der Waals surface area contributed by atoms with Crippen molar-refractivity contribution in [1.29, 1.82) is 0 Å². The third-order valence-corrected chi connectivity index (χ3v) is 6.54. The quantitative estimate of drug-likeness (QED) is 0.745. The molecule has 0 saturated heterocycles. The van der Waals surface area contributed by atoms with Crippen molar-refractivity contribution < 1.29 is 9.59 Å². The van der Waals surface area contributed by atoms with Crippen LogP contribution in [0.1, 0.15) is 65.2 Å². The van der Waals surface area contributed by atoms with Crippen molar-refractivity contribution in [3.63, 3.8) is 0 Å². The van der Waals surface area contributed by atoms with Crippen LogP contribution in [0.15, 0.2) is 35.5 Å².